The molecule has 2 nitrogen and oxygen atoms in total. The monoisotopic (exact) mass is 198 g/mol. The maximum Gasteiger partial charge on any atom is 0.302 e. The van der Waals surface area contributed by atoms with E-state index in [0.29, 0.717) is 5.92 Å². The maximum atomic E-state index is 10.9. The highest BCUT2D eigenvalue weighted by atomic mass is 16.5. The quantitative estimate of drug-likeness (QED) is 0.648. The number of rotatable bonds is 4. The van der Waals surface area contributed by atoms with Crippen LogP contribution in [0.2, 0.25) is 0 Å². The van der Waals surface area contributed by atoms with Crippen molar-refractivity contribution in [3.63, 3.8) is 0 Å². The summed E-state index contributed by atoms with van der Waals surface area (Å²) in [6.07, 6.45) is 8.81. The first-order valence-electron chi connectivity index (χ1n) is 5.91. The molecule has 0 N–H and O–H groups in total. The number of carbonyl (C=O) groups is 1. The first-order valence-corrected chi connectivity index (χ1v) is 5.91. The van der Waals surface area contributed by atoms with Crippen molar-refractivity contribution in [2.24, 2.45) is 5.92 Å². The average molecular weight is 198 g/mol. The molecule has 0 saturated heterocycles. The van der Waals surface area contributed by atoms with Crippen LogP contribution in [0.3, 0.4) is 0 Å². The van der Waals surface area contributed by atoms with Gasteiger partial charge in [-0.05, 0) is 25.2 Å². The van der Waals surface area contributed by atoms with Gasteiger partial charge in [-0.15, -0.1) is 0 Å². The van der Waals surface area contributed by atoms with E-state index in [9.17, 15) is 4.79 Å². The largest absolute Gasteiger partial charge is 0.462 e. The van der Waals surface area contributed by atoms with Crippen LogP contribution in [0.5, 0.6) is 0 Å². The summed E-state index contributed by atoms with van der Waals surface area (Å²) in [5.74, 6) is 0.515. The van der Waals surface area contributed by atoms with Crippen molar-refractivity contribution in [3.8, 4) is 0 Å². The highest BCUT2D eigenvalue weighted by molar-refractivity contribution is 5.66. The molecule has 0 heterocycles. The Balaban J connectivity index is 2.42. The molecule has 1 saturated carbocycles. The molecule has 1 rings (SSSR count). The molecule has 1 atom stereocenters. The Kier molecular flexibility index (Phi) is 4.99. The van der Waals surface area contributed by atoms with Crippen LogP contribution in [-0.4, -0.2) is 12.1 Å². The van der Waals surface area contributed by atoms with Crippen molar-refractivity contribution in [2.45, 2.75) is 64.9 Å². The summed E-state index contributed by atoms with van der Waals surface area (Å²) in [5, 5.41) is 0. The van der Waals surface area contributed by atoms with Gasteiger partial charge in [0.2, 0.25) is 0 Å². The summed E-state index contributed by atoms with van der Waals surface area (Å²) in [7, 11) is 0. The Morgan fingerprint density at radius 3 is 2.50 bits per heavy atom. The molecule has 1 aliphatic rings. The van der Waals surface area contributed by atoms with Gasteiger partial charge >= 0.3 is 5.97 Å². The van der Waals surface area contributed by atoms with Gasteiger partial charge in [0.25, 0.3) is 0 Å². The topological polar surface area (TPSA) is 26.3 Å². The summed E-state index contributed by atoms with van der Waals surface area (Å²) in [6.45, 7) is 3.67. The van der Waals surface area contributed by atoms with Gasteiger partial charge in [0.15, 0.2) is 0 Å². The van der Waals surface area contributed by atoms with Crippen LogP contribution >= 0.6 is 0 Å². The molecule has 82 valence electrons. The van der Waals surface area contributed by atoms with E-state index in [-0.39, 0.29) is 12.1 Å². The van der Waals surface area contributed by atoms with E-state index < -0.39 is 0 Å². The predicted octanol–water partition coefficient (Wildman–Crippen LogP) is 3.30. The van der Waals surface area contributed by atoms with Crippen molar-refractivity contribution < 1.29 is 9.53 Å². The van der Waals surface area contributed by atoms with Crippen molar-refractivity contribution in [3.05, 3.63) is 0 Å². The van der Waals surface area contributed by atoms with Crippen molar-refractivity contribution in [2.75, 3.05) is 0 Å². The lowest BCUT2D eigenvalue weighted by Gasteiger charge is -2.29. The van der Waals surface area contributed by atoms with Crippen molar-refractivity contribution in [1.82, 2.24) is 0 Å². The molecule has 0 aromatic heterocycles. The molecular weight excluding hydrogens is 176 g/mol. The lowest BCUT2D eigenvalue weighted by atomic mass is 9.84. The summed E-state index contributed by atoms with van der Waals surface area (Å²) < 4.78 is 5.39. The molecule has 1 fully saturated rings. The first-order chi connectivity index (χ1) is 6.74. The van der Waals surface area contributed by atoms with Crippen molar-refractivity contribution >= 4 is 5.97 Å². The van der Waals surface area contributed by atoms with Gasteiger partial charge in [-0.25, -0.2) is 0 Å². The number of hydrogen-bond acceptors (Lipinski definition) is 2. The molecule has 0 unspecified atom stereocenters. The molecule has 0 aromatic carbocycles. The van der Waals surface area contributed by atoms with Gasteiger partial charge in [-0.2, -0.15) is 0 Å². The molecule has 2 heteroatoms. The maximum absolute atomic E-state index is 10.9. The van der Waals surface area contributed by atoms with E-state index in [4.69, 9.17) is 4.74 Å². The average Bonchev–Trinajstić information content (AvgIpc) is 2.18. The fourth-order valence-electron chi connectivity index (χ4n) is 2.39. The lowest BCUT2D eigenvalue weighted by Crippen LogP contribution is -2.27. The van der Waals surface area contributed by atoms with Crippen molar-refractivity contribution in [1.29, 1.82) is 0 Å². The zero-order valence-corrected chi connectivity index (χ0v) is 9.42. The van der Waals surface area contributed by atoms with Gasteiger partial charge in [0, 0.05) is 6.92 Å². The van der Waals surface area contributed by atoms with Gasteiger partial charge in [0.05, 0.1) is 0 Å². The summed E-state index contributed by atoms with van der Waals surface area (Å²) in [5.41, 5.74) is 0. The molecule has 0 radical (unpaired) electrons. The third-order valence-corrected chi connectivity index (χ3v) is 3.07. The predicted molar refractivity (Wildman–Crippen MR) is 57.0 cm³/mol. The number of hydrogen-bond donors (Lipinski definition) is 0. The minimum Gasteiger partial charge on any atom is -0.462 e. The van der Waals surface area contributed by atoms with E-state index in [1.54, 1.807) is 0 Å². The van der Waals surface area contributed by atoms with Crippen LogP contribution in [0.25, 0.3) is 0 Å². The molecular formula is C12H22O2. The Morgan fingerprint density at radius 2 is 2.00 bits per heavy atom. The molecule has 14 heavy (non-hydrogen) atoms. The summed E-state index contributed by atoms with van der Waals surface area (Å²) in [6, 6.07) is 0. The molecule has 0 aliphatic heterocycles. The summed E-state index contributed by atoms with van der Waals surface area (Å²) in [4.78, 5) is 10.9. The van der Waals surface area contributed by atoms with Gasteiger partial charge in [-0.1, -0.05) is 32.6 Å². The van der Waals surface area contributed by atoms with E-state index in [1.165, 1.54) is 39.0 Å². The number of esters is 1. The van der Waals surface area contributed by atoms with E-state index in [2.05, 4.69) is 6.92 Å². The third kappa shape index (κ3) is 3.69. The van der Waals surface area contributed by atoms with Gasteiger partial charge < -0.3 is 4.74 Å². The van der Waals surface area contributed by atoms with Crippen LogP contribution in [0.1, 0.15) is 58.8 Å². The Morgan fingerprint density at radius 1 is 1.36 bits per heavy atom. The Labute approximate surface area is 87.0 Å². The van der Waals surface area contributed by atoms with Crippen LogP contribution in [0.15, 0.2) is 0 Å². The second-order valence-corrected chi connectivity index (χ2v) is 4.33. The third-order valence-electron chi connectivity index (χ3n) is 3.07. The SMILES string of the molecule is CCC[C@@H](OC(C)=O)C1CCCCC1. The van der Waals surface area contributed by atoms with Gasteiger partial charge in [0.1, 0.15) is 6.10 Å². The zero-order valence-electron chi connectivity index (χ0n) is 9.42. The molecule has 0 aromatic rings. The Hall–Kier alpha value is -0.530. The van der Waals surface area contributed by atoms with Crippen LogP contribution < -0.4 is 0 Å². The molecule has 1 aliphatic carbocycles. The molecule has 0 amide bonds. The number of carbonyl (C=O) groups excluding carboxylic acids is 1. The van der Waals surface area contributed by atoms with Crippen LogP contribution in [0, 0.1) is 5.92 Å². The highest BCUT2D eigenvalue weighted by Gasteiger charge is 2.24. The minimum absolute atomic E-state index is 0.117. The lowest BCUT2D eigenvalue weighted by molar-refractivity contribution is -0.150. The fourth-order valence-corrected chi connectivity index (χ4v) is 2.39. The normalized spacial score (nSPS) is 20.4. The summed E-state index contributed by atoms with van der Waals surface area (Å²) >= 11 is 0. The Bertz CT molecular complexity index is 171. The van der Waals surface area contributed by atoms with Gasteiger partial charge in [-0.3, -0.25) is 4.79 Å². The standard InChI is InChI=1S/C12H22O2/c1-3-7-12(14-10(2)13)11-8-5-4-6-9-11/h11-12H,3-9H2,1-2H3/t12-/m1/s1. The minimum atomic E-state index is -0.117. The van der Waals surface area contributed by atoms with Crippen LogP contribution in [-0.2, 0) is 9.53 Å². The smallest absolute Gasteiger partial charge is 0.302 e. The second-order valence-electron chi connectivity index (χ2n) is 4.33. The fraction of sp³-hybridized carbons (Fsp3) is 0.917. The van der Waals surface area contributed by atoms with E-state index in [1.807, 2.05) is 0 Å². The molecule has 0 bridgehead atoms. The molecule has 0 spiro atoms. The highest BCUT2D eigenvalue weighted by Crippen LogP contribution is 2.30. The zero-order chi connectivity index (χ0) is 10.4. The first kappa shape index (κ1) is 11.5. The van der Waals surface area contributed by atoms with E-state index in [0.717, 1.165) is 12.8 Å². The second kappa shape index (κ2) is 6.05. The van der Waals surface area contributed by atoms with E-state index >= 15 is 0 Å². The van der Waals surface area contributed by atoms with Crippen LogP contribution in [0.4, 0.5) is 0 Å². The number of ether oxygens (including phenoxy) is 1.